The van der Waals surface area contributed by atoms with E-state index in [9.17, 15) is 4.79 Å². The van der Waals surface area contributed by atoms with Crippen LogP contribution in [0.3, 0.4) is 0 Å². The third-order valence-corrected chi connectivity index (χ3v) is 4.46. The summed E-state index contributed by atoms with van der Waals surface area (Å²) in [6, 6.07) is 13.2. The molecule has 2 heterocycles. The molecule has 0 saturated heterocycles. The molecule has 0 aliphatic carbocycles. The molecule has 2 N–H and O–H groups in total. The summed E-state index contributed by atoms with van der Waals surface area (Å²) in [6.07, 6.45) is 0. The molecule has 0 aliphatic heterocycles. The number of amides is 1. The number of rotatable bonds is 4. The van der Waals surface area contributed by atoms with Gasteiger partial charge in [-0.1, -0.05) is 29.8 Å². The molecular formula is C19H17N5O2S. The molecule has 0 saturated carbocycles. The minimum absolute atomic E-state index is 0.0500. The van der Waals surface area contributed by atoms with Gasteiger partial charge in [-0.05, 0) is 37.3 Å². The van der Waals surface area contributed by atoms with E-state index in [0.29, 0.717) is 33.3 Å². The number of oxazole rings is 1. The quantitative estimate of drug-likeness (QED) is 0.523. The molecule has 0 fully saturated rings. The van der Waals surface area contributed by atoms with E-state index in [1.54, 1.807) is 29.7 Å². The summed E-state index contributed by atoms with van der Waals surface area (Å²) < 4.78 is 7.51. The van der Waals surface area contributed by atoms with Crippen LogP contribution in [0.5, 0.6) is 0 Å². The number of aromatic amines is 1. The molecule has 1 amide bonds. The number of anilines is 1. The van der Waals surface area contributed by atoms with Crippen LogP contribution in [0.4, 0.5) is 5.69 Å². The Balaban J connectivity index is 1.56. The van der Waals surface area contributed by atoms with Crippen LogP contribution in [0.15, 0.2) is 46.9 Å². The highest BCUT2D eigenvalue weighted by Gasteiger charge is 2.13. The molecule has 136 valence electrons. The molecule has 8 heteroatoms. The number of benzene rings is 2. The van der Waals surface area contributed by atoms with Crippen molar-refractivity contribution in [3.05, 3.63) is 58.7 Å². The highest BCUT2D eigenvalue weighted by molar-refractivity contribution is 7.71. The highest BCUT2D eigenvalue weighted by Crippen LogP contribution is 2.21. The number of hydrogen-bond acceptors (Lipinski definition) is 5. The minimum Gasteiger partial charge on any atom is -0.441 e. The largest absolute Gasteiger partial charge is 0.441 e. The van der Waals surface area contributed by atoms with Crippen molar-refractivity contribution in [2.75, 3.05) is 5.32 Å². The lowest BCUT2D eigenvalue weighted by atomic mass is 10.1. The van der Waals surface area contributed by atoms with Crippen molar-refractivity contribution in [3.8, 4) is 11.4 Å². The van der Waals surface area contributed by atoms with Crippen LogP contribution in [-0.2, 0) is 11.3 Å². The maximum Gasteiger partial charge on any atom is 0.244 e. The lowest BCUT2D eigenvalue weighted by molar-refractivity contribution is -0.116. The number of aromatic nitrogens is 4. The summed E-state index contributed by atoms with van der Waals surface area (Å²) in [4.78, 5) is 16.8. The average molecular weight is 379 g/mol. The fourth-order valence-electron chi connectivity index (χ4n) is 2.85. The van der Waals surface area contributed by atoms with Gasteiger partial charge in [0.1, 0.15) is 12.1 Å². The van der Waals surface area contributed by atoms with Crippen molar-refractivity contribution in [2.45, 2.75) is 20.4 Å². The summed E-state index contributed by atoms with van der Waals surface area (Å²) in [5.74, 6) is 0.999. The molecule has 0 spiro atoms. The van der Waals surface area contributed by atoms with Crippen molar-refractivity contribution in [1.29, 1.82) is 0 Å². The van der Waals surface area contributed by atoms with Gasteiger partial charge in [0.25, 0.3) is 0 Å². The van der Waals surface area contributed by atoms with Gasteiger partial charge < -0.3 is 9.73 Å². The van der Waals surface area contributed by atoms with E-state index in [4.69, 9.17) is 16.6 Å². The van der Waals surface area contributed by atoms with Crippen LogP contribution in [0.25, 0.3) is 22.5 Å². The molecule has 27 heavy (non-hydrogen) atoms. The number of nitrogens with one attached hydrogen (secondary N) is 2. The minimum atomic E-state index is -0.208. The molecule has 7 nitrogen and oxygen atoms in total. The van der Waals surface area contributed by atoms with Crippen molar-refractivity contribution in [3.63, 3.8) is 0 Å². The van der Waals surface area contributed by atoms with Gasteiger partial charge in [0.15, 0.2) is 22.1 Å². The summed E-state index contributed by atoms with van der Waals surface area (Å²) in [6.45, 7) is 3.85. The van der Waals surface area contributed by atoms with Gasteiger partial charge in [-0.2, -0.15) is 5.10 Å². The number of aryl methyl sites for hydroxylation is 2. The predicted octanol–water partition coefficient (Wildman–Crippen LogP) is 4.00. The Morgan fingerprint density at radius 3 is 2.78 bits per heavy atom. The molecule has 0 bridgehead atoms. The van der Waals surface area contributed by atoms with E-state index < -0.39 is 0 Å². The monoisotopic (exact) mass is 379 g/mol. The van der Waals surface area contributed by atoms with Gasteiger partial charge in [-0.3, -0.25) is 14.5 Å². The Morgan fingerprint density at radius 1 is 1.22 bits per heavy atom. The van der Waals surface area contributed by atoms with Gasteiger partial charge in [-0.25, -0.2) is 4.98 Å². The first-order chi connectivity index (χ1) is 13.0. The van der Waals surface area contributed by atoms with Crippen molar-refractivity contribution >= 4 is 34.9 Å². The number of carbonyl (C=O) groups excluding carboxylic acids is 1. The third-order valence-electron chi connectivity index (χ3n) is 4.15. The second kappa shape index (κ2) is 6.81. The van der Waals surface area contributed by atoms with Crippen LogP contribution >= 0.6 is 12.2 Å². The van der Waals surface area contributed by atoms with E-state index >= 15 is 0 Å². The summed E-state index contributed by atoms with van der Waals surface area (Å²) >= 11 is 5.29. The molecule has 4 rings (SSSR count). The third kappa shape index (κ3) is 3.52. The Hall–Kier alpha value is -3.26. The predicted molar refractivity (Wildman–Crippen MR) is 105 cm³/mol. The first-order valence-electron chi connectivity index (χ1n) is 8.39. The Bertz CT molecular complexity index is 1190. The van der Waals surface area contributed by atoms with E-state index in [0.717, 1.165) is 11.1 Å². The normalized spacial score (nSPS) is 11.0. The van der Waals surface area contributed by atoms with Crippen molar-refractivity contribution < 1.29 is 9.21 Å². The summed E-state index contributed by atoms with van der Waals surface area (Å²) in [7, 11) is 0. The number of fused-ring (bicyclic) bond motifs is 1. The Morgan fingerprint density at radius 2 is 2.00 bits per heavy atom. The second-order valence-corrected chi connectivity index (χ2v) is 6.65. The molecule has 0 aliphatic rings. The summed E-state index contributed by atoms with van der Waals surface area (Å²) in [5, 5.41) is 9.89. The average Bonchev–Trinajstić information content (AvgIpc) is 3.17. The van der Waals surface area contributed by atoms with Gasteiger partial charge in [0.2, 0.25) is 5.91 Å². The molecule has 0 unspecified atom stereocenters. The molecule has 0 atom stereocenters. The number of H-pyrrole nitrogens is 1. The molecular weight excluding hydrogens is 362 g/mol. The number of hydrogen-bond donors (Lipinski definition) is 2. The maximum atomic E-state index is 12.5. The standard InChI is InChI=1S/C19H17N5O2S/c1-11-3-5-13(6-4-11)18-22-23-19(27)24(18)10-17(25)21-14-7-8-16-15(9-14)20-12(2)26-16/h3-9H,10H2,1-2H3,(H,21,25)(H,23,27). The first kappa shape index (κ1) is 17.2. The fourth-order valence-corrected chi connectivity index (χ4v) is 3.05. The second-order valence-electron chi connectivity index (χ2n) is 6.27. The van der Waals surface area contributed by atoms with E-state index in [1.165, 1.54) is 0 Å². The lowest BCUT2D eigenvalue weighted by Crippen LogP contribution is -2.19. The topological polar surface area (TPSA) is 88.7 Å². The van der Waals surface area contributed by atoms with Crippen molar-refractivity contribution in [1.82, 2.24) is 19.7 Å². The smallest absolute Gasteiger partial charge is 0.244 e. The van der Waals surface area contributed by atoms with Crippen LogP contribution in [0.2, 0.25) is 0 Å². The first-order valence-corrected chi connectivity index (χ1v) is 8.80. The van der Waals surface area contributed by atoms with E-state index in [1.807, 2.05) is 31.2 Å². The van der Waals surface area contributed by atoms with E-state index in [2.05, 4.69) is 20.5 Å². The fraction of sp³-hybridized carbons (Fsp3) is 0.158. The molecule has 2 aromatic carbocycles. The van der Waals surface area contributed by atoms with Gasteiger partial charge in [0.05, 0.1) is 0 Å². The lowest BCUT2D eigenvalue weighted by Gasteiger charge is -2.08. The van der Waals surface area contributed by atoms with Gasteiger partial charge >= 0.3 is 0 Å². The molecule has 4 aromatic rings. The zero-order valence-electron chi connectivity index (χ0n) is 14.8. The van der Waals surface area contributed by atoms with E-state index in [-0.39, 0.29) is 12.5 Å². The van der Waals surface area contributed by atoms with Crippen LogP contribution in [-0.4, -0.2) is 25.7 Å². The number of carbonyl (C=O) groups is 1. The molecule has 2 aromatic heterocycles. The zero-order valence-corrected chi connectivity index (χ0v) is 15.6. The summed E-state index contributed by atoms with van der Waals surface area (Å²) in [5.41, 5.74) is 4.07. The Kier molecular flexibility index (Phi) is 4.33. The zero-order chi connectivity index (χ0) is 19.0. The Labute approximate surface area is 160 Å². The number of nitrogens with zero attached hydrogens (tertiary/aromatic N) is 3. The molecule has 0 radical (unpaired) electrons. The van der Waals surface area contributed by atoms with Gasteiger partial charge in [0, 0.05) is 18.2 Å². The highest BCUT2D eigenvalue weighted by atomic mass is 32.1. The SMILES string of the molecule is Cc1ccc(-c2n[nH]c(=S)n2CC(=O)Nc2ccc3oc(C)nc3c2)cc1. The van der Waals surface area contributed by atoms with Gasteiger partial charge in [-0.15, -0.1) is 0 Å². The van der Waals surface area contributed by atoms with Crippen LogP contribution in [0.1, 0.15) is 11.5 Å². The maximum absolute atomic E-state index is 12.5. The van der Waals surface area contributed by atoms with Crippen LogP contribution < -0.4 is 5.32 Å². The van der Waals surface area contributed by atoms with Crippen LogP contribution in [0, 0.1) is 18.6 Å². The van der Waals surface area contributed by atoms with Crippen molar-refractivity contribution in [2.24, 2.45) is 0 Å².